The normalized spacial score (nSPS) is 24.6. The highest BCUT2D eigenvalue weighted by molar-refractivity contribution is 5.88. The van der Waals surface area contributed by atoms with Gasteiger partial charge < -0.3 is 4.90 Å². The van der Waals surface area contributed by atoms with E-state index in [2.05, 4.69) is 0 Å². The van der Waals surface area contributed by atoms with E-state index in [-0.39, 0.29) is 23.7 Å². The Balaban J connectivity index is 2.38. The maximum absolute atomic E-state index is 12.0. The monoisotopic (exact) mass is 251 g/mol. The molecular formula is C12H20F3NO. The maximum Gasteiger partial charge on any atom is 0.390 e. The molecule has 1 unspecified atom stereocenters. The molecule has 0 aromatic rings. The minimum Gasteiger partial charge on any atom is -0.305 e. The maximum atomic E-state index is 12.0. The van der Waals surface area contributed by atoms with Crippen molar-refractivity contribution in [3.63, 3.8) is 0 Å². The predicted octanol–water partition coefficient (Wildman–Crippen LogP) is 2.88. The Morgan fingerprint density at radius 3 is 2.41 bits per heavy atom. The van der Waals surface area contributed by atoms with Crippen LogP contribution in [0.1, 0.15) is 33.1 Å². The van der Waals surface area contributed by atoms with Crippen molar-refractivity contribution < 1.29 is 18.0 Å². The number of carbonyl (C=O) groups is 1. The third-order valence-electron chi connectivity index (χ3n) is 3.46. The summed E-state index contributed by atoms with van der Waals surface area (Å²) in [5.41, 5.74) is -0.296. The van der Waals surface area contributed by atoms with Crippen LogP contribution in [0.2, 0.25) is 0 Å². The Kier molecular flexibility index (Phi) is 4.23. The predicted molar refractivity (Wildman–Crippen MR) is 59.7 cm³/mol. The van der Waals surface area contributed by atoms with Crippen LogP contribution in [0.5, 0.6) is 0 Å². The lowest BCUT2D eigenvalue weighted by Crippen LogP contribution is -2.33. The summed E-state index contributed by atoms with van der Waals surface area (Å²) < 4.78 is 36.1. The molecule has 1 atom stereocenters. The topological polar surface area (TPSA) is 20.3 Å². The molecule has 0 saturated heterocycles. The molecule has 5 heteroatoms. The van der Waals surface area contributed by atoms with Crippen molar-refractivity contribution in [2.24, 2.45) is 11.3 Å². The van der Waals surface area contributed by atoms with Crippen molar-refractivity contribution >= 4 is 5.78 Å². The van der Waals surface area contributed by atoms with Gasteiger partial charge in [-0.3, -0.25) is 4.79 Å². The zero-order valence-corrected chi connectivity index (χ0v) is 10.6. The number of Topliss-reactive ketones (excluding diaryl/α,β-unsaturated/α-hetero) is 1. The van der Waals surface area contributed by atoms with Crippen LogP contribution in [0.4, 0.5) is 13.2 Å². The Morgan fingerprint density at radius 2 is 2.00 bits per heavy atom. The lowest BCUT2D eigenvalue weighted by molar-refractivity contribution is -0.137. The van der Waals surface area contributed by atoms with Crippen molar-refractivity contribution in [1.82, 2.24) is 4.90 Å². The molecule has 0 aromatic heterocycles. The Labute approximate surface area is 100 Å². The summed E-state index contributed by atoms with van der Waals surface area (Å²) in [6, 6.07) is 0. The van der Waals surface area contributed by atoms with E-state index < -0.39 is 12.6 Å². The van der Waals surface area contributed by atoms with Gasteiger partial charge in [-0.15, -0.1) is 0 Å². The van der Waals surface area contributed by atoms with E-state index in [4.69, 9.17) is 0 Å². The zero-order valence-electron chi connectivity index (χ0n) is 10.6. The zero-order chi connectivity index (χ0) is 13.3. The molecule has 100 valence electrons. The first kappa shape index (κ1) is 14.5. The van der Waals surface area contributed by atoms with E-state index in [1.807, 2.05) is 13.8 Å². The number of hydrogen-bond donors (Lipinski definition) is 0. The molecule has 1 saturated carbocycles. The minimum atomic E-state index is -4.12. The second kappa shape index (κ2) is 4.96. The van der Waals surface area contributed by atoms with E-state index >= 15 is 0 Å². The number of nitrogens with zero attached hydrogens (tertiary/aromatic N) is 1. The van der Waals surface area contributed by atoms with Gasteiger partial charge in [0.15, 0.2) is 0 Å². The molecule has 0 heterocycles. The van der Waals surface area contributed by atoms with Gasteiger partial charge in [0.2, 0.25) is 0 Å². The summed E-state index contributed by atoms with van der Waals surface area (Å²) in [7, 11) is 1.64. The Bertz CT molecular complexity index is 286. The van der Waals surface area contributed by atoms with Gasteiger partial charge in [-0.1, -0.05) is 13.8 Å². The first-order valence-corrected chi connectivity index (χ1v) is 5.91. The smallest absolute Gasteiger partial charge is 0.305 e. The molecule has 17 heavy (non-hydrogen) atoms. The highest BCUT2D eigenvalue weighted by Crippen LogP contribution is 2.37. The SMILES string of the molecule is CN(CCC(F)(F)F)CC1CCC(C)(C)C1=O. The lowest BCUT2D eigenvalue weighted by atomic mass is 9.89. The molecule has 0 bridgehead atoms. The summed E-state index contributed by atoms with van der Waals surface area (Å²) in [5.74, 6) is 0.0968. The van der Waals surface area contributed by atoms with Gasteiger partial charge in [0.25, 0.3) is 0 Å². The average Bonchev–Trinajstić information content (AvgIpc) is 2.41. The molecular weight excluding hydrogens is 231 g/mol. The van der Waals surface area contributed by atoms with E-state index in [0.717, 1.165) is 12.8 Å². The van der Waals surface area contributed by atoms with Crippen LogP contribution in [-0.2, 0) is 4.79 Å². The quantitative estimate of drug-likeness (QED) is 0.765. The van der Waals surface area contributed by atoms with E-state index in [1.54, 1.807) is 11.9 Å². The summed E-state index contributed by atoms with van der Waals surface area (Å²) in [4.78, 5) is 13.5. The van der Waals surface area contributed by atoms with Crippen molar-refractivity contribution in [1.29, 1.82) is 0 Å². The number of alkyl halides is 3. The van der Waals surface area contributed by atoms with Gasteiger partial charge in [-0.05, 0) is 19.9 Å². The second-order valence-corrected chi connectivity index (χ2v) is 5.61. The van der Waals surface area contributed by atoms with Crippen LogP contribution in [-0.4, -0.2) is 37.0 Å². The average molecular weight is 251 g/mol. The van der Waals surface area contributed by atoms with Gasteiger partial charge >= 0.3 is 6.18 Å². The molecule has 0 spiro atoms. The summed E-state index contributed by atoms with van der Waals surface area (Å²) in [6.07, 6.45) is -3.30. The van der Waals surface area contributed by atoms with Crippen LogP contribution in [0.3, 0.4) is 0 Å². The number of hydrogen-bond acceptors (Lipinski definition) is 2. The molecule has 0 amide bonds. The fourth-order valence-electron chi connectivity index (χ4n) is 2.30. The summed E-state index contributed by atoms with van der Waals surface area (Å²) >= 11 is 0. The van der Waals surface area contributed by atoms with Crippen molar-refractivity contribution in [3.8, 4) is 0 Å². The number of rotatable bonds is 4. The molecule has 1 rings (SSSR count). The van der Waals surface area contributed by atoms with Gasteiger partial charge in [-0.25, -0.2) is 0 Å². The Morgan fingerprint density at radius 1 is 1.41 bits per heavy atom. The summed E-state index contributed by atoms with van der Waals surface area (Å²) in [6.45, 7) is 4.22. The largest absolute Gasteiger partial charge is 0.390 e. The van der Waals surface area contributed by atoms with Crippen LogP contribution >= 0.6 is 0 Å². The highest BCUT2D eigenvalue weighted by atomic mass is 19.4. The second-order valence-electron chi connectivity index (χ2n) is 5.61. The molecule has 1 fully saturated rings. The lowest BCUT2D eigenvalue weighted by Gasteiger charge is -2.22. The number of ketones is 1. The van der Waals surface area contributed by atoms with E-state index in [0.29, 0.717) is 6.54 Å². The first-order chi connectivity index (χ1) is 7.62. The van der Waals surface area contributed by atoms with Gasteiger partial charge in [0.05, 0.1) is 6.42 Å². The van der Waals surface area contributed by atoms with Gasteiger partial charge in [0.1, 0.15) is 5.78 Å². The highest BCUT2D eigenvalue weighted by Gasteiger charge is 2.40. The fraction of sp³-hybridized carbons (Fsp3) is 0.917. The number of halogens is 3. The van der Waals surface area contributed by atoms with Crippen molar-refractivity contribution in [2.45, 2.75) is 39.3 Å². The molecule has 0 radical (unpaired) electrons. The van der Waals surface area contributed by atoms with Crippen LogP contribution in [0.25, 0.3) is 0 Å². The van der Waals surface area contributed by atoms with Crippen LogP contribution in [0.15, 0.2) is 0 Å². The van der Waals surface area contributed by atoms with Gasteiger partial charge in [0, 0.05) is 24.4 Å². The van der Waals surface area contributed by atoms with Crippen LogP contribution in [0, 0.1) is 11.3 Å². The third-order valence-corrected chi connectivity index (χ3v) is 3.46. The third kappa shape index (κ3) is 4.30. The fourth-order valence-corrected chi connectivity index (χ4v) is 2.30. The standard InChI is InChI=1S/C12H20F3NO/c1-11(2)5-4-9(10(11)17)8-16(3)7-6-12(13,14)15/h9H,4-8H2,1-3H3. The number of carbonyl (C=O) groups excluding carboxylic acids is 1. The van der Waals surface area contributed by atoms with Crippen molar-refractivity contribution in [3.05, 3.63) is 0 Å². The Hall–Kier alpha value is -0.580. The summed E-state index contributed by atoms with van der Waals surface area (Å²) in [5, 5.41) is 0. The minimum absolute atomic E-state index is 0.0340. The molecule has 0 aromatic carbocycles. The van der Waals surface area contributed by atoms with Crippen LogP contribution < -0.4 is 0 Å². The first-order valence-electron chi connectivity index (χ1n) is 5.91. The van der Waals surface area contributed by atoms with E-state index in [9.17, 15) is 18.0 Å². The molecule has 0 N–H and O–H groups in total. The molecule has 2 nitrogen and oxygen atoms in total. The van der Waals surface area contributed by atoms with Gasteiger partial charge in [-0.2, -0.15) is 13.2 Å². The molecule has 1 aliphatic carbocycles. The molecule has 1 aliphatic rings. The van der Waals surface area contributed by atoms with E-state index in [1.165, 1.54) is 0 Å². The molecule has 0 aliphatic heterocycles. The van der Waals surface area contributed by atoms with Crippen molar-refractivity contribution in [2.75, 3.05) is 20.1 Å².